The quantitative estimate of drug-likeness (QED) is 0.688. The van der Waals surface area contributed by atoms with E-state index in [9.17, 15) is 0 Å². The van der Waals surface area contributed by atoms with Gasteiger partial charge in [-0.3, -0.25) is 4.90 Å². The molecule has 1 atom stereocenters. The van der Waals surface area contributed by atoms with Crippen molar-refractivity contribution in [3.8, 4) is 0 Å². The summed E-state index contributed by atoms with van der Waals surface area (Å²) in [4.78, 5) is 2.50. The first kappa shape index (κ1) is 11.3. The molecule has 0 fully saturated rings. The molecule has 1 nitrogen and oxygen atoms in total. The number of hydrogen-bond acceptors (Lipinski definition) is 1. The van der Waals surface area contributed by atoms with E-state index in [1.54, 1.807) is 0 Å². The summed E-state index contributed by atoms with van der Waals surface area (Å²) < 4.78 is 0. The molecular formula is C13H20N. The van der Waals surface area contributed by atoms with Crippen molar-refractivity contribution < 1.29 is 0 Å². The highest BCUT2D eigenvalue weighted by Gasteiger charge is 2.14. The van der Waals surface area contributed by atoms with Gasteiger partial charge in [-0.1, -0.05) is 45.0 Å². The van der Waals surface area contributed by atoms with Crippen LogP contribution in [0.1, 0.15) is 38.8 Å². The highest BCUT2D eigenvalue weighted by atomic mass is 15.1. The average Bonchev–Trinajstić information content (AvgIpc) is 2.27. The second-order valence-corrected chi connectivity index (χ2v) is 3.48. The SMILES string of the molecule is CCC(c1cc[c]cc1)N(CC)CC. The van der Waals surface area contributed by atoms with E-state index < -0.39 is 0 Å². The highest BCUT2D eigenvalue weighted by Crippen LogP contribution is 2.22. The van der Waals surface area contributed by atoms with Gasteiger partial charge in [0.15, 0.2) is 0 Å². The molecule has 1 aromatic carbocycles. The lowest BCUT2D eigenvalue weighted by atomic mass is 10.0. The van der Waals surface area contributed by atoms with Crippen LogP contribution in [-0.2, 0) is 0 Å². The van der Waals surface area contributed by atoms with E-state index in [1.165, 1.54) is 12.0 Å². The van der Waals surface area contributed by atoms with Crippen molar-refractivity contribution >= 4 is 0 Å². The zero-order valence-electron chi connectivity index (χ0n) is 9.46. The van der Waals surface area contributed by atoms with Gasteiger partial charge in [-0.2, -0.15) is 0 Å². The summed E-state index contributed by atoms with van der Waals surface area (Å²) in [6.07, 6.45) is 1.17. The summed E-state index contributed by atoms with van der Waals surface area (Å²) in [6, 6.07) is 12.0. The lowest BCUT2D eigenvalue weighted by Crippen LogP contribution is -2.27. The predicted molar refractivity (Wildman–Crippen MR) is 61.2 cm³/mol. The third-order valence-electron chi connectivity index (χ3n) is 2.77. The third kappa shape index (κ3) is 2.58. The molecule has 0 amide bonds. The molecule has 0 saturated heterocycles. The van der Waals surface area contributed by atoms with Gasteiger partial charge in [0.2, 0.25) is 0 Å². The van der Waals surface area contributed by atoms with Crippen molar-refractivity contribution in [3.63, 3.8) is 0 Å². The third-order valence-corrected chi connectivity index (χ3v) is 2.77. The van der Waals surface area contributed by atoms with E-state index in [-0.39, 0.29) is 0 Å². The number of benzene rings is 1. The van der Waals surface area contributed by atoms with Crippen molar-refractivity contribution in [2.45, 2.75) is 33.2 Å². The standard InChI is InChI=1S/C13H20N/c1-4-13(14(5-2)6-3)12-10-8-7-9-11-12/h8-11,13H,4-6H2,1-3H3. The lowest BCUT2D eigenvalue weighted by Gasteiger charge is -2.29. The van der Waals surface area contributed by atoms with Crippen LogP contribution < -0.4 is 0 Å². The summed E-state index contributed by atoms with van der Waals surface area (Å²) in [5, 5.41) is 0. The second kappa shape index (κ2) is 5.82. The molecule has 1 unspecified atom stereocenters. The zero-order chi connectivity index (χ0) is 10.4. The molecule has 0 aliphatic rings. The first-order valence-electron chi connectivity index (χ1n) is 5.53. The Balaban J connectivity index is 2.81. The van der Waals surface area contributed by atoms with E-state index >= 15 is 0 Å². The van der Waals surface area contributed by atoms with Crippen LogP contribution in [0.4, 0.5) is 0 Å². The Bertz CT molecular complexity index is 239. The fourth-order valence-corrected chi connectivity index (χ4v) is 1.99. The molecule has 0 spiro atoms. The Morgan fingerprint density at radius 3 is 2.14 bits per heavy atom. The van der Waals surface area contributed by atoms with Gasteiger partial charge in [-0.15, -0.1) is 0 Å². The maximum absolute atomic E-state index is 3.07. The zero-order valence-corrected chi connectivity index (χ0v) is 9.46. The molecule has 1 rings (SSSR count). The molecule has 0 N–H and O–H groups in total. The minimum Gasteiger partial charge on any atom is -0.297 e. The average molecular weight is 190 g/mol. The molecule has 14 heavy (non-hydrogen) atoms. The largest absolute Gasteiger partial charge is 0.297 e. The maximum Gasteiger partial charge on any atom is 0.0345 e. The molecule has 0 heterocycles. The Morgan fingerprint density at radius 2 is 1.71 bits per heavy atom. The van der Waals surface area contributed by atoms with Crippen LogP contribution in [0.5, 0.6) is 0 Å². The van der Waals surface area contributed by atoms with Crippen LogP contribution in [0.3, 0.4) is 0 Å². The molecule has 0 aliphatic heterocycles. The topological polar surface area (TPSA) is 3.24 Å². The van der Waals surface area contributed by atoms with Gasteiger partial charge in [0.05, 0.1) is 0 Å². The van der Waals surface area contributed by atoms with Gasteiger partial charge in [0.1, 0.15) is 0 Å². The first-order chi connectivity index (χ1) is 6.83. The summed E-state index contributed by atoms with van der Waals surface area (Å²) in [5.41, 5.74) is 1.41. The van der Waals surface area contributed by atoms with E-state index in [2.05, 4.69) is 43.9 Å². The summed E-state index contributed by atoms with van der Waals surface area (Å²) in [7, 11) is 0. The van der Waals surface area contributed by atoms with Crippen LogP contribution in [-0.4, -0.2) is 18.0 Å². The number of nitrogens with zero attached hydrogens (tertiary/aromatic N) is 1. The fourth-order valence-electron chi connectivity index (χ4n) is 1.99. The van der Waals surface area contributed by atoms with Gasteiger partial charge in [-0.25, -0.2) is 0 Å². The van der Waals surface area contributed by atoms with Crippen molar-refractivity contribution in [1.82, 2.24) is 4.90 Å². The predicted octanol–water partition coefficient (Wildman–Crippen LogP) is 3.28. The highest BCUT2D eigenvalue weighted by molar-refractivity contribution is 5.18. The van der Waals surface area contributed by atoms with Gasteiger partial charge < -0.3 is 0 Å². The van der Waals surface area contributed by atoms with E-state index in [1.807, 2.05) is 12.1 Å². The van der Waals surface area contributed by atoms with Crippen LogP contribution >= 0.6 is 0 Å². The van der Waals surface area contributed by atoms with Crippen molar-refractivity contribution in [2.24, 2.45) is 0 Å². The van der Waals surface area contributed by atoms with Crippen LogP contribution in [0.2, 0.25) is 0 Å². The Hall–Kier alpha value is -0.820. The first-order valence-corrected chi connectivity index (χ1v) is 5.53. The van der Waals surface area contributed by atoms with E-state index in [0.29, 0.717) is 6.04 Å². The Morgan fingerprint density at radius 1 is 1.14 bits per heavy atom. The molecular weight excluding hydrogens is 170 g/mol. The van der Waals surface area contributed by atoms with Gasteiger partial charge >= 0.3 is 0 Å². The molecule has 0 aliphatic carbocycles. The lowest BCUT2D eigenvalue weighted by molar-refractivity contribution is 0.213. The van der Waals surface area contributed by atoms with Crippen LogP contribution in [0.15, 0.2) is 24.3 Å². The van der Waals surface area contributed by atoms with Crippen LogP contribution in [0.25, 0.3) is 0 Å². The number of hydrogen-bond donors (Lipinski definition) is 0. The summed E-state index contributed by atoms with van der Waals surface area (Å²) in [6.45, 7) is 8.93. The van der Waals surface area contributed by atoms with Crippen LogP contribution in [0, 0.1) is 6.07 Å². The molecule has 0 aromatic heterocycles. The van der Waals surface area contributed by atoms with Crippen molar-refractivity contribution in [1.29, 1.82) is 0 Å². The van der Waals surface area contributed by atoms with E-state index in [0.717, 1.165) is 13.1 Å². The van der Waals surface area contributed by atoms with Crippen molar-refractivity contribution in [3.05, 3.63) is 35.9 Å². The van der Waals surface area contributed by atoms with E-state index in [4.69, 9.17) is 0 Å². The second-order valence-electron chi connectivity index (χ2n) is 3.48. The van der Waals surface area contributed by atoms with Gasteiger partial charge in [0, 0.05) is 6.04 Å². The fraction of sp³-hybridized carbons (Fsp3) is 0.538. The molecule has 1 radical (unpaired) electrons. The molecule has 0 saturated carbocycles. The smallest absolute Gasteiger partial charge is 0.0345 e. The minimum atomic E-state index is 0.569. The van der Waals surface area contributed by atoms with Gasteiger partial charge in [-0.05, 0) is 31.1 Å². The van der Waals surface area contributed by atoms with Crippen molar-refractivity contribution in [2.75, 3.05) is 13.1 Å². The van der Waals surface area contributed by atoms with Gasteiger partial charge in [0.25, 0.3) is 0 Å². The molecule has 77 valence electrons. The Kier molecular flexibility index (Phi) is 4.68. The monoisotopic (exact) mass is 190 g/mol. The minimum absolute atomic E-state index is 0.569. The normalized spacial score (nSPS) is 13.1. The maximum atomic E-state index is 3.07. The molecule has 1 heteroatoms. The Labute approximate surface area is 87.7 Å². The number of rotatable bonds is 5. The molecule has 1 aromatic rings. The molecule has 0 bridgehead atoms. The summed E-state index contributed by atoms with van der Waals surface area (Å²) in [5.74, 6) is 0. The summed E-state index contributed by atoms with van der Waals surface area (Å²) >= 11 is 0.